The Kier molecular flexibility index (Phi) is 5.62. The fourth-order valence-corrected chi connectivity index (χ4v) is 3.05. The summed E-state index contributed by atoms with van der Waals surface area (Å²) < 4.78 is 5.79. The summed E-state index contributed by atoms with van der Waals surface area (Å²) in [4.78, 5) is 1.34. The first-order chi connectivity index (χ1) is 9.76. The number of para-hydroxylation sites is 1. The lowest BCUT2D eigenvalue weighted by Crippen LogP contribution is -2.23. The normalized spacial score (nSPS) is 12.3. The van der Waals surface area contributed by atoms with Crippen LogP contribution < -0.4 is 10.1 Å². The molecule has 0 radical (unpaired) electrons. The summed E-state index contributed by atoms with van der Waals surface area (Å²) in [5.41, 5.74) is 2.55. The summed E-state index contributed by atoms with van der Waals surface area (Å²) in [7, 11) is 0. The second-order valence-corrected chi connectivity index (χ2v) is 5.96. The molecule has 3 heteroatoms. The zero-order chi connectivity index (χ0) is 14.4. The Morgan fingerprint density at radius 3 is 2.70 bits per heavy atom. The number of benzene rings is 1. The molecule has 1 heterocycles. The van der Waals surface area contributed by atoms with Crippen molar-refractivity contribution >= 4 is 11.3 Å². The van der Waals surface area contributed by atoms with Crippen molar-refractivity contribution in [3.63, 3.8) is 0 Å². The standard InChI is InChI=1S/C17H23NOS/c1-4-10-18-17(14-11-13(3)20-12-14)15-8-6-7-9-16(15)19-5-2/h6-9,11-12,17-18H,4-5,10H2,1-3H3. The first kappa shape index (κ1) is 15.1. The van der Waals surface area contributed by atoms with Gasteiger partial charge in [-0.05, 0) is 49.9 Å². The van der Waals surface area contributed by atoms with Crippen LogP contribution in [0.3, 0.4) is 0 Å². The summed E-state index contributed by atoms with van der Waals surface area (Å²) in [6.45, 7) is 8.07. The largest absolute Gasteiger partial charge is 0.494 e. The Bertz CT molecular complexity index is 535. The molecule has 0 aliphatic carbocycles. The van der Waals surface area contributed by atoms with Gasteiger partial charge in [0.2, 0.25) is 0 Å². The molecule has 0 aliphatic heterocycles. The Morgan fingerprint density at radius 1 is 1.25 bits per heavy atom. The highest BCUT2D eigenvalue weighted by Crippen LogP contribution is 2.32. The van der Waals surface area contributed by atoms with Gasteiger partial charge in [-0.2, -0.15) is 0 Å². The van der Waals surface area contributed by atoms with E-state index in [2.05, 4.69) is 48.8 Å². The third kappa shape index (κ3) is 3.62. The Balaban J connectivity index is 2.35. The number of hydrogen-bond donors (Lipinski definition) is 1. The maximum absolute atomic E-state index is 5.79. The SMILES string of the molecule is CCCNC(c1csc(C)c1)c1ccccc1OCC. The predicted molar refractivity (Wildman–Crippen MR) is 86.8 cm³/mol. The third-order valence-corrected chi connectivity index (χ3v) is 4.09. The fraction of sp³-hybridized carbons (Fsp3) is 0.412. The van der Waals surface area contributed by atoms with Gasteiger partial charge < -0.3 is 10.1 Å². The number of nitrogens with one attached hydrogen (secondary N) is 1. The van der Waals surface area contributed by atoms with Crippen LogP contribution in [0, 0.1) is 6.92 Å². The summed E-state index contributed by atoms with van der Waals surface area (Å²) in [6.07, 6.45) is 1.12. The molecule has 0 spiro atoms. The van der Waals surface area contributed by atoms with Crippen LogP contribution in [0.2, 0.25) is 0 Å². The number of aryl methyl sites for hydroxylation is 1. The van der Waals surface area contributed by atoms with Gasteiger partial charge in [0, 0.05) is 10.4 Å². The zero-order valence-corrected chi connectivity index (χ0v) is 13.3. The molecule has 0 amide bonds. The van der Waals surface area contributed by atoms with Crippen molar-refractivity contribution in [3.05, 3.63) is 51.7 Å². The van der Waals surface area contributed by atoms with Crippen LogP contribution >= 0.6 is 11.3 Å². The summed E-state index contributed by atoms with van der Waals surface area (Å²) in [5, 5.41) is 5.88. The predicted octanol–water partition coefficient (Wildman–Crippen LogP) is 4.54. The molecular formula is C17H23NOS. The van der Waals surface area contributed by atoms with Crippen molar-refractivity contribution in [2.75, 3.05) is 13.2 Å². The molecule has 2 nitrogen and oxygen atoms in total. The van der Waals surface area contributed by atoms with E-state index in [1.54, 1.807) is 11.3 Å². The van der Waals surface area contributed by atoms with Gasteiger partial charge in [-0.25, -0.2) is 0 Å². The topological polar surface area (TPSA) is 21.3 Å². The van der Waals surface area contributed by atoms with Gasteiger partial charge in [0.15, 0.2) is 0 Å². The van der Waals surface area contributed by atoms with E-state index in [1.807, 2.05) is 13.0 Å². The van der Waals surface area contributed by atoms with E-state index in [-0.39, 0.29) is 6.04 Å². The van der Waals surface area contributed by atoms with Crippen LogP contribution in [-0.4, -0.2) is 13.2 Å². The number of hydrogen-bond acceptors (Lipinski definition) is 3. The molecule has 0 aliphatic rings. The van der Waals surface area contributed by atoms with Crippen LogP contribution in [0.5, 0.6) is 5.75 Å². The van der Waals surface area contributed by atoms with Crippen LogP contribution in [0.4, 0.5) is 0 Å². The summed E-state index contributed by atoms with van der Waals surface area (Å²) >= 11 is 1.80. The molecule has 0 fully saturated rings. The van der Waals surface area contributed by atoms with Crippen LogP contribution in [0.1, 0.15) is 42.3 Å². The molecule has 1 N–H and O–H groups in total. The van der Waals surface area contributed by atoms with Crippen LogP contribution in [0.15, 0.2) is 35.7 Å². The maximum atomic E-state index is 5.79. The van der Waals surface area contributed by atoms with E-state index in [0.29, 0.717) is 6.61 Å². The Hall–Kier alpha value is -1.32. The van der Waals surface area contributed by atoms with E-state index in [4.69, 9.17) is 4.74 Å². The van der Waals surface area contributed by atoms with Gasteiger partial charge in [-0.3, -0.25) is 0 Å². The van der Waals surface area contributed by atoms with Crippen LogP contribution in [-0.2, 0) is 0 Å². The molecule has 0 saturated heterocycles. The lowest BCUT2D eigenvalue weighted by Gasteiger charge is -2.21. The first-order valence-electron chi connectivity index (χ1n) is 7.26. The second-order valence-electron chi connectivity index (χ2n) is 4.85. The zero-order valence-electron chi connectivity index (χ0n) is 12.5. The summed E-state index contributed by atoms with van der Waals surface area (Å²) in [6, 6.07) is 10.8. The van der Waals surface area contributed by atoms with E-state index in [1.165, 1.54) is 16.0 Å². The molecular weight excluding hydrogens is 266 g/mol. The van der Waals surface area contributed by atoms with Gasteiger partial charge in [0.1, 0.15) is 5.75 Å². The minimum absolute atomic E-state index is 0.211. The minimum Gasteiger partial charge on any atom is -0.494 e. The van der Waals surface area contributed by atoms with E-state index in [0.717, 1.165) is 18.7 Å². The van der Waals surface area contributed by atoms with Crippen molar-refractivity contribution in [1.29, 1.82) is 0 Å². The highest BCUT2D eigenvalue weighted by molar-refractivity contribution is 7.10. The number of thiophene rings is 1. The van der Waals surface area contributed by atoms with Crippen molar-refractivity contribution in [3.8, 4) is 5.75 Å². The lowest BCUT2D eigenvalue weighted by atomic mass is 9.99. The van der Waals surface area contributed by atoms with Crippen molar-refractivity contribution in [2.24, 2.45) is 0 Å². The summed E-state index contributed by atoms with van der Waals surface area (Å²) in [5.74, 6) is 0.979. The first-order valence-corrected chi connectivity index (χ1v) is 8.14. The molecule has 1 unspecified atom stereocenters. The maximum Gasteiger partial charge on any atom is 0.124 e. The second kappa shape index (κ2) is 7.46. The molecule has 20 heavy (non-hydrogen) atoms. The third-order valence-electron chi connectivity index (χ3n) is 3.21. The quantitative estimate of drug-likeness (QED) is 0.807. The fourth-order valence-electron chi connectivity index (χ4n) is 2.32. The van der Waals surface area contributed by atoms with E-state index in [9.17, 15) is 0 Å². The highest BCUT2D eigenvalue weighted by Gasteiger charge is 2.18. The van der Waals surface area contributed by atoms with Gasteiger partial charge in [0.25, 0.3) is 0 Å². The molecule has 108 valence electrons. The van der Waals surface area contributed by atoms with Gasteiger partial charge in [-0.15, -0.1) is 11.3 Å². The molecule has 1 aromatic carbocycles. The van der Waals surface area contributed by atoms with E-state index >= 15 is 0 Å². The van der Waals surface area contributed by atoms with Crippen LogP contribution in [0.25, 0.3) is 0 Å². The average Bonchev–Trinajstić information content (AvgIpc) is 2.88. The molecule has 2 aromatic rings. The lowest BCUT2D eigenvalue weighted by molar-refractivity contribution is 0.333. The van der Waals surface area contributed by atoms with Gasteiger partial charge in [0.05, 0.1) is 12.6 Å². The van der Waals surface area contributed by atoms with Gasteiger partial charge in [-0.1, -0.05) is 25.1 Å². The highest BCUT2D eigenvalue weighted by atomic mass is 32.1. The Labute approximate surface area is 125 Å². The monoisotopic (exact) mass is 289 g/mol. The van der Waals surface area contributed by atoms with Gasteiger partial charge >= 0.3 is 0 Å². The number of ether oxygens (including phenoxy) is 1. The molecule has 2 rings (SSSR count). The smallest absolute Gasteiger partial charge is 0.124 e. The number of rotatable bonds is 7. The van der Waals surface area contributed by atoms with Crippen molar-refractivity contribution in [1.82, 2.24) is 5.32 Å². The molecule has 0 saturated carbocycles. The minimum atomic E-state index is 0.211. The van der Waals surface area contributed by atoms with Crippen molar-refractivity contribution < 1.29 is 4.74 Å². The van der Waals surface area contributed by atoms with E-state index < -0.39 is 0 Å². The average molecular weight is 289 g/mol. The molecule has 1 atom stereocenters. The molecule has 1 aromatic heterocycles. The van der Waals surface area contributed by atoms with Crippen molar-refractivity contribution in [2.45, 2.75) is 33.2 Å². The Morgan fingerprint density at radius 2 is 2.05 bits per heavy atom. The molecule has 0 bridgehead atoms.